The number of aliphatic hydroxyl groups is 1. The fraction of sp³-hybridized carbons (Fsp3) is 0.562. The highest BCUT2D eigenvalue weighted by Crippen LogP contribution is 2.55. The Morgan fingerprint density at radius 2 is 1.95 bits per heavy atom. The Labute approximate surface area is 250 Å². The summed E-state index contributed by atoms with van der Waals surface area (Å²) in [5.74, 6) is 0.530. The monoisotopic (exact) mass is 589 g/mol. The summed E-state index contributed by atoms with van der Waals surface area (Å²) in [6.07, 6.45) is 7.66. The molecule has 2 saturated heterocycles. The van der Waals surface area contributed by atoms with Crippen molar-refractivity contribution >= 4 is 39.4 Å². The van der Waals surface area contributed by atoms with Crippen LogP contribution in [0.25, 0.3) is 10.3 Å². The van der Waals surface area contributed by atoms with Gasteiger partial charge in [0.2, 0.25) is 0 Å². The van der Waals surface area contributed by atoms with Gasteiger partial charge in [-0.25, -0.2) is 14.8 Å². The maximum atomic E-state index is 13.6. The SMILES string of the molecule is CC1([C@H]2CCc3nc4sc(C(=O)NC(CCN5CCC(O)CC5)c5ccc(N6CCOC6=O)cc5)nc4cc3C2)CC1. The van der Waals surface area contributed by atoms with Gasteiger partial charge in [0.25, 0.3) is 5.91 Å². The standard InChI is InChI=1S/C32H39N5O4S/c1-32(11-12-32)22-4-7-25-21(18-22)19-27-29(34-25)42-30(35-27)28(39)33-26(10-15-36-13-8-24(38)9-14-36)20-2-5-23(6-3-20)37-16-17-41-31(37)40/h2-3,5-6,19,22,24,26,38H,4,7-18H2,1H3,(H,33,39)/t22-,26?/m0/s1. The normalized spacial score (nSPS) is 23.0. The molecule has 0 spiro atoms. The highest BCUT2D eigenvalue weighted by molar-refractivity contribution is 7.19. The smallest absolute Gasteiger partial charge is 0.414 e. The number of ether oxygens (including phenoxy) is 1. The lowest BCUT2D eigenvalue weighted by Crippen LogP contribution is -2.38. The van der Waals surface area contributed by atoms with Gasteiger partial charge >= 0.3 is 6.09 Å². The Bertz CT molecular complexity index is 1480. The van der Waals surface area contributed by atoms with Crippen molar-refractivity contribution in [2.45, 2.75) is 70.4 Å². The number of thiazole rings is 1. The first-order chi connectivity index (χ1) is 20.3. The summed E-state index contributed by atoms with van der Waals surface area (Å²) in [5.41, 5.74) is 5.55. The van der Waals surface area contributed by atoms with Crippen molar-refractivity contribution in [1.29, 1.82) is 0 Å². The number of nitrogens with one attached hydrogen (secondary N) is 1. The average molecular weight is 590 g/mol. The highest BCUT2D eigenvalue weighted by atomic mass is 32.1. The molecule has 9 nitrogen and oxygen atoms in total. The molecule has 0 radical (unpaired) electrons. The van der Waals surface area contributed by atoms with Crippen molar-refractivity contribution in [1.82, 2.24) is 20.2 Å². The van der Waals surface area contributed by atoms with Crippen LogP contribution in [0.3, 0.4) is 0 Å². The third kappa shape index (κ3) is 5.64. The zero-order valence-corrected chi connectivity index (χ0v) is 25.0. The van der Waals surface area contributed by atoms with Gasteiger partial charge in [-0.15, -0.1) is 0 Å². The van der Waals surface area contributed by atoms with E-state index in [0.717, 1.165) is 79.3 Å². The Kier molecular flexibility index (Phi) is 7.40. The molecule has 2 aliphatic carbocycles. The maximum Gasteiger partial charge on any atom is 0.414 e. The molecule has 10 heteroatoms. The molecule has 1 unspecified atom stereocenters. The molecule has 2 atom stereocenters. The highest BCUT2D eigenvalue weighted by Gasteiger charge is 2.45. The van der Waals surface area contributed by atoms with E-state index in [4.69, 9.17) is 14.7 Å². The van der Waals surface area contributed by atoms with Crippen molar-refractivity contribution in [3.8, 4) is 0 Å². The van der Waals surface area contributed by atoms with Gasteiger partial charge < -0.3 is 20.1 Å². The number of rotatable bonds is 8. The number of amides is 2. The number of carbonyl (C=O) groups excluding carboxylic acids is 2. The summed E-state index contributed by atoms with van der Waals surface area (Å²) in [4.78, 5) is 40.2. The summed E-state index contributed by atoms with van der Waals surface area (Å²) in [7, 11) is 0. The minimum absolute atomic E-state index is 0.189. The molecule has 3 fully saturated rings. The lowest BCUT2D eigenvalue weighted by atomic mass is 9.77. The molecule has 0 bridgehead atoms. The van der Waals surface area contributed by atoms with Crippen LogP contribution in [0.1, 0.15) is 78.1 Å². The number of hydrogen-bond acceptors (Lipinski definition) is 8. The molecule has 7 rings (SSSR count). The summed E-state index contributed by atoms with van der Waals surface area (Å²) < 4.78 is 5.09. The van der Waals surface area contributed by atoms with Crippen LogP contribution in [-0.2, 0) is 17.6 Å². The van der Waals surface area contributed by atoms with Crippen molar-refractivity contribution < 1.29 is 19.4 Å². The molecule has 3 aromatic rings. The number of aryl methyl sites for hydroxylation is 1. The Morgan fingerprint density at radius 1 is 1.17 bits per heavy atom. The number of likely N-dealkylation sites (tertiary alicyclic amines) is 1. The summed E-state index contributed by atoms with van der Waals surface area (Å²) in [5, 5.41) is 13.6. The lowest BCUT2D eigenvalue weighted by Gasteiger charge is -2.31. The fourth-order valence-corrected chi connectivity index (χ4v) is 7.66. The number of carbonyl (C=O) groups is 2. The van der Waals surface area contributed by atoms with E-state index in [1.165, 1.54) is 41.9 Å². The van der Waals surface area contributed by atoms with E-state index in [1.807, 2.05) is 24.3 Å². The van der Waals surface area contributed by atoms with Crippen molar-refractivity contribution in [2.24, 2.45) is 11.3 Å². The first-order valence-corrected chi connectivity index (χ1v) is 16.2. The number of benzene rings is 1. The third-order valence-electron chi connectivity index (χ3n) is 9.93. The quantitative estimate of drug-likeness (QED) is 0.386. The second-order valence-electron chi connectivity index (χ2n) is 12.8. The van der Waals surface area contributed by atoms with Gasteiger partial charge in [-0.3, -0.25) is 9.69 Å². The summed E-state index contributed by atoms with van der Waals surface area (Å²) >= 11 is 1.37. The molecule has 2 N–H and O–H groups in total. The van der Waals surface area contributed by atoms with Gasteiger partial charge in [-0.1, -0.05) is 30.4 Å². The molecule has 2 aromatic heterocycles. The number of fused-ring (bicyclic) bond motifs is 2. The molecule has 2 aliphatic heterocycles. The first kappa shape index (κ1) is 27.7. The number of nitrogens with zero attached hydrogens (tertiary/aromatic N) is 4. The molecule has 42 heavy (non-hydrogen) atoms. The van der Waals surface area contributed by atoms with Gasteiger partial charge in [-0.05, 0) is 92.0 Å². The maximum absolute atomic E-state index is 13.6. The van der Waals surface area contributed by atoms with Crippen LogP contribution < -0.4 is 10.2 Å². The van der Waals surface area contributed by atoms with E-state index >= 15 is 0 Å². The lowest BCUT2D eigenvalue weighted by molar-refractivity contribution is 0.0795. The molecule has 2 amide bonds. The predicted molar refractivity (Wildman–Crippen MR) is 162 cm³/mol. The van der Waals surface area contributed by atoms with E-state index in [1.54, 1.807) is 4.90 Å². The Balaban J connectivity index is 1.09. The first-order valence-electron chi connectivity index (χ1n) is 15.4. The van der Waals surface area contributed by atoms with Crippen molar-refractivity contribution in [2.75, 3.05) is 37.7 Å². The van der Waals surface area contributed by atoms with Crippen molar-refractivity contribution in [3.05, 3.63) is 52.2 Å². The second kappa shape index (κ2) is 11.2. The number of aliphatic hydroxyl groups excluding tert-OH is 1. The minimum Gasteiger partial charge on any atom is -0.447 e. The number of anilines is 1. The number of cyclic esters (lactones) is 1. The Hall–Kier alpha value is -3.08. The number of aromatic nitrogens is 2. The molecule has 1 saturated carbocycles. The van der Waals surface area contributed by atoms with Crippen LogP contribution in [0.4, 0.5) is 10.5 Å². The van der Waals surface area contributed by atoms with E-state index < -0.39 is 0 Å². The summed E-state index contributed by atoms with van der Waals surface area (Å²) in [6.45, 7) is 5.86. The molecule has 4 aliphatic rings. The zero-order chi connectivity index (χ0) is 28.8. The van der Waals surface area contributed by atoms with Gasteiger partial charge in [0, 0.05) is 31.0 Å². The predicted octanol–water partition coefficient (Wildman–Crippen LogP) is 4.87. The minimum atomic E-state index is -0.330. The molecular weight excluding hydrogens is 550 g/mol. The Morgan fingerprint density at radius 3 is 2.67 bits per heavy atom. The van der Waals surface area contributed by atoms with Gasteiger partial charge in [0.1, 0.15) is 17.0 Å². The topological polar surface area (TPSA) is 108 Å². The molecule has 222 valence electrons. The summed E-state index contributed by atoms with van der Waals surface area (Å²) in [6, 6.07) is 9.75. The van der Waals surface area contributed by atoms with Gasteiger partial charge in [0.05, 0.1) is 18.7 Å². The van der Waals surface area contributed by atoms with Crippen LogP contribution in [0.5, 0.6) is 0 Å². The van der Waals surface area contributed by atoms with Crippen LogP contribution >= 0.6 is 11.3 Å². The van der Waals surface area contributed by atoms with E-state index in [9.17, 15) is 14.7 Å². The molecule has 4 heterocycles. The largest absolute Gasteiger partial charge is 0.447 e. The van der Waals surface area contributed by atoms with Crippen LogP contribution in [-0.4, -0.2) is 70.9 Å². The van der Waals surface area contributed by atoms with E-state index in [0.29, 0.717) is 23.6 Å². The number of hydrogen-bond donors (Lipinski definition) is 2. The van der Waals surface area contributed by atoms with Crippen molar-refractivity contribution in [3.63, 3.8) is 0 Å². The zero-order valence-electron chi connectivity index (χ0n) is 24.2. The van der Waals surface area contributed by atoms with Gasteiger partial charge in [0.15, 0.2) is 5.01 Å². The fourth-order valence-electron chi connectivity index (χ4n) is 6.82. The van der Waals surface area contributed by atoms with Crippen LogP contribution in [0, 0.1) is 11.3 Å². The number of pyridine rings is 1. The van der Waals surface area contributed by atoms with Crippen LogP contribution in [0.2, 0.25) is 0 Å². The molecule has 1 aromatic carbocycles. The molecular formula is C32H39N5O4S. The van der Waals surface area contributed by atoms with E-state index in [2.05, 4.69) is 23.2 Å². The van der Waals surface area contributed by atoms with E-state index in [-0.39, 0.29) is 24.1 Å². The number of piperidine rings is 1. The average Bonchev–Trinajstić information content (AvgIpc) is 3.39. The van der Waals surface area contributed by atoms with Gasteiger partial charge in [-0.2, -0.15) is 0 Å². The second-order valence-corrected chi connectivity index (χ2v) is 13.8. The third-order valence-corrected chi connectivity index (χ3v) is 10.9. The van der Waals surface area contributed by atoms with Crippen LogP contribution in [0.15, 0.2) is 30.3 Å².